The van der Waals surface area contributed by atoms with Crippen molar-refractivity contribution < 1.29 is 19.5 Å². The molecule has 124 valence electrons. The molecule has 1 aliphatic carbocycles. The van der Waals surface area contributed by atoms with Gasteiger partial charge in [0.2, 0.25) is 5.91 Å². The molecule has 1 rings (SSSR count). The first kappa shape index (κ1) is 18.1. The summed E-state index contributed by atoms with van der Waals surface area (Å²) in [5.41, 5.74) is 2.49. The second-order valence-corrected chi connectivity index (χ2v) is 5.35. The van der Waals surface area contributed by atoms with E-state index in [0.29, 0.717) is 5.71 Å². The SMILES string of the molecule is C/C(CC(=O)NC1CCCCC1)=N\NC(=O)C(=O)NCCO. The van der Waals surface area contributed by atoms with E-state index >= 15 is 0 Å². The fourth-order valence-corrected chi connectivity index (χ4v) is 2.24. The smallest absolute Gasteiger partial charge is 0.329 e. The Labute approximate surface area is 129 Å². The highest BCUT2D eigenvalue weighted by Crippen LogP contribution is 2.17. The number of hydrogen-bond donors (Lipinski definition) is 4. The molecule has 22 heavy (non-hydrogen) atoms. The molecule has 1 saturated carbocycles. The molecule has 0 saturated heterocycles. The molecule has 1 aliphatic rings. The molecule has 4 N–H and O–H groups in total. The van der Waals surface area contributed by atoms with Gasteiger partial charge in [-0.1, -0.05) is 19.3 Å². The molecule has 0 aromatic carbocycles. The van der Waals surface area contributed by atoms with Crippen molar-refractivity contribution >= 4 is 23.4 Å². The summed E-state index contributed by atoms with van der Waals surface area (Å²) in [6.45, 7) is 1.35. The molecule has 0 spiro atoms. The van der Waals surface area contributed by atoms with Crippen molar-refractivity contribution in [2.24, 2.45) is 5.10 Å². The molecule has 0 bridgehead atoms. The fourth-order valence-electron chi connectivity index (χ4n) is 2.24. The van der Waals surface area contributed by atoms with Crippen LogP contribution >= 0.6 is 0 Å². The normalized spacial score (nSPS) is 16.0. The lowest BCUT2D eigenvalue weighted by atomic mass is 9.95. The van der Waals surface area contributed by atoms with Gasteiger partial charge in [0, 0.05) is 18.3 Å². The van der Waals surface area contributed by atoms with Crippen LogP contribution in [0.15, 0.2) is 5.10 Å². The standard InChI is InChI=1S/C14H24N4O4/c1-10(17-18-14(22)13(21)15-7-8-19)9-12(20)16-11-5-3-2-4-6-11/h11,19H,2-9H2,1H3,(H,15,21)(H,16,20)(H,18,22)/b17-10+. The van der Waals surface area contributed by atoms with Gasteiger partial charge in [-0.2, -0.15) is 5.10 Å². The van der Waals surface area contributed by atoms with Crippen molar-refractivity contribution in [3.05, 3.63) is 0 Å². The van der Waals surface area contributed by atoms with Gasteiger partial charge in [0.25, 0.3) is 0 Å². The number of hydrogen-bond acceptors (Lipinski definition) is 5. The maximum Gasteiger partial charge on any atom is 0.329 e. The van der Waals surface area contributed by atoms with Crippen LogP contribution in [0.1, 0.15) is 45.4 Å². The number of hydrazone groups is 1. The topological polar surface area (TPSA) is 120 Å². The summed E-state index contributed by atoms with van der Waals surface area (Å²) in [6, 6.07) is 0.230. The summed E-state index contributed by atoms with van der Waals surface area (Å²) in [4.78, 5) is 34.4. The number of amides is 3. The third-order valence-corrected chi connectivity index (χ3v) is 3.34. The Bertz CT molecular complexity index is 431. The predicted octanol–water partition coefficient (Wildman–Crippen LogP) is -0.574. The zero-order valence-corrected chi connectivity index (χ0v) is 12.9. The van der Waals surface area contributed by atoms with Crippen molar-refractivity contribution in [2.75, 3.05) is 13.2 Å². The van der Waals surface area contributed by atoms with E-state index in [0.717, 1.165) is 25.7 Å². The largest absolute Gasteiger partial charge is 0.395 e. The Morgan fingerprint density at radius 1 is 1.14 bits per heavy atom. The molecule has 1 fully saturated rings. The van der Waals surface area contributed by atoms with Crippen LogP contribution in [-0.2, 0) is 14.4 Å². The Morgan fingerprint density at radius 2 is 1.82 bits per heavy atom. The average Bonchev–Trinajstić information content (AvgIpc) is 2.51. The number of carbonyl (C=O) groups excluding carboxylic acids is 3. The van der Waals surface area contributed by atoms with Crippen molar-refractivity contribution in [2.45, 2.75) is 51.5 Å². The summed E-state index contributed by atoms with van der Waals surface area (Å²) >= 11 is 0. The molecular weight excluding hydrogens is 288 g/mol. The number of rotatable bonds is 6. The third-order valence-electron chi connectivity index (χ3n) is 3.34. The highest BCUT2D eigenvalue weighted by molar-refractivity contribution is 6.35. The molecule has 0 unspecified atom stereocenters. The Kier molecular flexibility index (Phi) is 8.13. The molecule has 0 aromatic rings. The van der Waals surface area contributed by atoms with E-state index in [-0.39, 0.29) is 31.5 Å². The lowest BCUT2D eigenvalue weighted by molar-refractivity contribution is -0.139. The van der Waals surface area contributed by atoms with E-state index in [1.807, 2.05) is 0 Å². The van der Waals surface area contributed by atoms with Gasteiger partial charge in [-0.3, -0.25) is 14.4 Å². The number of carbonyl (C=O) groups is 3. The van der Waals surface area contributed by atoms with E-state index in [4.69, 9.17) is 5.11 Å². The molecular formula is C14H24N4O4. The van der Waals surface area contributed by atoms with E-state index in [1.165, 1.54) is 6.42 Å². The van der Waals surface area contributed by atoms with E-state index in [9.17, 15) is 14.4 Å². The van der Waals surface area contributed by atoms with Crippen molar-refractivity contribution in [1.82, 2.24) is 16.1 Å². The van der Waals surface area contributed by atoms with Gasteiger partial charge in [0.05, 0.1) is 13.0 Å². The summed E-state index contributed by atoms with van der Waals surface area (Å²) in [6.07, 6.45) is 5.58. The van der Waals surface area contributed by atoms with Crippen molar-refractivity contribution in [3.8, 4) is 0 Å². The van der Waals surface area contributed by atoms with E-state index < -0.39 is 11.8 Å². The van der Waals surface area contributed by atoms with Gasteiger partial charge in [-0.15, -0.1) is 0 Å². The maximum absolute atomic E-state index is 11.8. The molecule has 3 amide bonds. The van der Waals surface area contributed by atoms with Crippen LogP contribution in [0.25, 0.3) is 0 Å². The molecule has 8 nitrogen and oxygen atoms in total. The van der Waals surface area contributed by atoms with E-state index in [1.54, 1.807) is 6.92 Å². The monoisotopic (exact) mass is 312 g/mol. The molecule has 0 radical (unpaired) electrons. The van der Waals surface area contributed by atoms with Gasteiger partial charge in [-0.25, -0.2) is 5.43 Å². The summed E-state index contributed by atoms with van der Waals surface area (Å²) in [7, 11) is 0. The lowest BCUT2D eigenvalue weighted by Crippen LogP contribution is -2.39. The second kappa shape index (κ2) is 9.88. The Morgan fingerprint density at radius 3 is 2.45 bits per heavy atom. The van der Waals surface area contributed by atoms with Crippen LogP contribution in [0.3, 0.4) is 0 Å². The minimum Gasteiger partial charge on any atom is -0.395 e. The first-order valence-electron chi connectivity index (χ1n) is 7.54. The van der Waals surface area contributed by atoms with Gasteiger partial charge in [0.1, 0.15) is 0 Å². The average molecular weight is 312 g/mol. The predicted molar refractivity (Wildman–Crippen MR) is 81.0 cm³/mol. The number of aliphatic hydroxyl groups is 1. The summed E-state index contributed by atoms with van der Waals surface area (Å²) in [5, 5.41) is 17.4. The maximum atomic E-state index is 11.8. The number of nitrogens with one attached hydrogen (secondary N) is 3. The quantitative estimate of drug-likeness (QED) is 0.298. The van der Waals surface area contributed by atoms with Crippen molar-refractivity contribution in [1.29, 1.82) is 0 Å². The first-order valence-corrected chi connectivity index (χ1v) is 7.54. The first-order chi connectivity index (χ1) is 10.5. The number of aliphatic hydroxyl groups excluding tert-OH is 1. The minimum atomic E-state index is -0.930. The van der Waals surface area contributed by atoms with Crippen LogP contribution in [0.5, 0.6) is 0 Å². The minimum absolute atomic E-state index is 0.00125. The summed E-state index contributed by atoms with van der Waals surface area (Å²) < 4.78 is 0. The zero-order valence-electron chi connectivity index (χ0n) is 12.9. The molecule has 0 aliphatic heterocycles. The van der Waals surface area contributed by atoms with Crippen molar-refractivity contribution in [3.63, 3.8) is 0 Å². The molecule has 0 heterocycles. The van der Waals surface area contributed by atoms with Crippen LogP contribution in [0.4, 0.5) is 0 Å². The van der Waals surface area contributed by atoms with Gasteiger partial charge in [-0.05, 0) is 19.8 Å². The highest BCUT2D eigenvalue weighted by Gasteiger charge is 2.16. The zero-order chi connectivity index (χ0) is 16.4. The van der Waals surface area contributed by atoms with Crippen LogP contribution < -0.4 is 16.1 Å². The van der Waals surface area contributed by atoms with Gasteiger partial charge >= 0.3 is 11.8 Å². The highest BCUT2D eigenvalue weighted by atomic mass is 16.3. The molecule has 8 heteroatoms. The third kappa shape index (κ3) is 7.16. The number of nitrogens with zero attached hydrogens (tertiary/aromatic N) is 1. The van der Waals surface area contributed by atoms with Gasteiger partial charge in [0.15, 0.2) is 0 Å². The molecule has 0 atom stereocenters. The van der Waals surface area contributed by atoms with Crippen LogP contribution in [0.2, 0.25) is 0 Å². The van der Waals surface area contributed by atoms with E-state index in [2.05, 4.69) is 21.2 Å². The lowest BCUT2D eigenvalue weighted by Gasteiger charge is -2.22. The van der Waals surface area contributed by atoms with Crippen LogP contribution in [-0.4, -0.2) is 47.7 Å². The van der Waals surface area contributed by atoms with Gasteiger partial charge < -0.3 is 15.7 Å². The second-order valence-electron chi connectivity index (χ2n) is 5.35. The molecule has 0 aromatic heterocycles. The fraction of sp³-hybridized carbons (Fsp3) is 0.714. The Balaban J connectivity index is 2.30. The Hall–Kier alpha value is -1.96. The summed E-state index contributed by atoms with van der Waals surface area (Å²) in [5.74, 6) is -1.94. The van der Waals surface area contributed by atoms with Crippen LogP contribution in [0, 0.1) is 0 Å².